The molecule has 2 heterocycles. The fraction of sp³-hybridized carbons (Fsp3) is 0.833. The molecule has 1 saturated carbocycles. The normalized spacial score (nSPS) is 27.4. The van der Waals surface area contributed by atoms with Crippen molar-refractivity contribution in [3.63, 3.8) is 0 Å². The van der Waals surface area contributed by atoms with Crippen LogP contribution in [0.4, 0.5) is 0 Å². The summed E-state index contributed by atoms with van der Waals surface area (Å²) in [7, 11) is 0. The number of nitrogens with zero attached hydrogens (tertiary/aromatic N) is 2. The van der Waals surface area contributed by atoms with Crippen LogP contribution in [0.3, 0.4) is 0 Å². The van der Waals surface area contributed by atoms with Crippen LogP contribution in [0.25, 0.3) is 0 Å². The van der Waals surface area contributed by atoms with E-state index in [9.17, 15) is 0 Å². The molecule has 0 bridgehead atoms. The molecule has 1 aliphatic heterocycles. The number of ether oxygens (including phenoxy) is 1. The third-order valence-corrected chi connectivity index (χ3v) is 3.63. The molecule has 0 spiro atoms. The Hall–Kier alpha value is -0.900. The van der Waals surface area contributed by atoms with E-state index in [4.69, 9.17) is 9.26 Å². The number of rotatable bonds is 2. The first kappa shape index (κ1) is 10.3. The van der Waals surface area contributed by atoms with Crippen LogP contribution in [-0.2, 0) is 4.74 Å². The molecule has 88 valence electrons. The monoisotopic (exact) mass is 222 g/mol. The Bertz CT molecular complexity index is 339. The molecule has 1 aliphatic carbocycles. The van der Waals surface area contributed by atoms with Gasteiger partial charge in [-0.15, -0.1) is 0 Å². The summed E-state index contributed by atoms with van der Waals surface area (Å²) in [4.78, 5) is 4.51. The zero-order valence-corrected chi connectivity index (χ0v) is 9.52. The Morgan fingerprint density at radius 1 is 1.00 bits per heavy atom. The Balaban J connectivity index is 1.71. The first-order valence-electron chi connectivity index (χ1n) is 6.38. The van der Waals surface area contributed by atoms with Crippen LogP contribution in [0.1, 0.15) is 68.7 Å². The summed E-state index contributed by atoms with van der Waals surface area (Å²) >= 11 is 0. The minimum atomic E-state index is 0.0600. The molecule has 1 aromatic heterocycles. The molecule has 0 radical (unpaired) electrons. The second-order valence-electron chi connectivity index (χ2n) is 4.83. The van der Waals surface area contributed by atoms with E-state index in [1.54, 1.807) is 0 Å². The van der Waals surface area contributed by atoms with Crippen LogP contribution in [-0.4, -0.2) is 16.7 Å². The van der Waals surface area contributed by atoms with Crippen LogP contribution in [0.5, 0.6) is 0 Å². The second kappa shape index (κ2) is 4.53. The summed E-state index contributed by atoms with van der Waals surface area (Å²) < 4.78 is 10.9. The lowest BCUT2D eigenvalue weighted by Crippen LogP contribution is -2.06. The molecule has 4 nitrogen and oxygen atoms in total. The Labute approximate surface area is 95.4 Å². The largest absolute Gasteiger partial charge is 0.368 e. The van der Waals surface area contributed by atoms with Crippen molar-refractivity contribution in [1.29, 1.82) is 0 Å². The highest BCUT2D eigenvalue weighted by Gasteiger charge is 2.26. The molecule has 1 atom stereocenters. The number of hydrogen-bond acceptors (Lipinski definition) is 4. The van der Waals surface area contributed by atoms with Gasteiger partial charge in [0, 0.05) is 12.5 Å². The molecule has 0 N–H and O–H groups in total. The quantitative estimate of drug-likeness (QED) is 0.771. The van der Waals surface area contributed by atoms with E-state index in [0.717, 1.165) is 25.3 Å². The molecule has 1 saturated heterocycles. The molecule has 2 aliphatic rings. The predicted molar refractivity (Wildman–Crippen MR) is 58.1 cm³/mol. The third kappa shape index (κ3) is 1.98. The van der Waals surface area contributed by atoms with Gasteiger partial charge in [0.1, 0.15) is 6.10 Å². The van der Waals surface area contributed by atoms with Crippen molar-refractivity contribution in [1.82, 2.24) is 10.1 Å². The van der Waals surface area contributed by atoms with Gasteiger partial charge in [0.2, 0.25) is 0 Å². The average Bonchev–Trinajstić information content (AvgIpc) is 3.01. The standard InChI is InChI=1S/C12H18N2O2/c1-2-5-9(6-3-1)11-13-12(16-14-11)10-7-4-8-15-10/h9-10H,1-8H2/t10-/m0/s1. The maximum absolute atomic E-state index is 5.54. The van der Waals surface area contributed by atoms with E-state index < -0.39 is 0 Å². The van der Waals surface area contributed by atoms with Gasteiger partial charge < -0.3 is 9.26 Å². The molecule has 0 amide bonds. The van der Waals surface area contributed by atoms with Crippen molar-refractivity contribution < 1.29 is 9.26 Å². The van der Waals surface area contributed by atoms with E-state index in [0.29, 0.717) is 11.8 Å². The molecule has 0 aromatic carbocycles. The summed E-state index contributed by atoms with van der Waals surface area (Å²) in [6, 6.07) is 0. The smallest absolute Gasteiger partial charge is 0.255 e. The highest BCUT2D eigenvalue weighted by Crippen LogP contribution is 2.33. The van der Waals surface area contributed by atoms with Crippen molar-refractivity contribution in [2.45, 2.75) is 57.0 Å². The zero-order chi connectivity index (χ0) is 10.8. The first-order valence-corrected chi connectivity index (χ1v) is 6.38. The fourth-order valence-electron chi connectivity index (χ4n) is 2.68. The van der Waals surface area contributed by atoms with E-state index >= 15 is 0 Å². The maximum atomic E-state index is 5.54. The Morgan fingerprint density at radius 2 is 1.88 bits per heavy atom. The minimum Gasteiger partial charge on any atom is -0.368 e. The van der Waals surface area contributed by atoms with Crippen molar-refractivity contribution in [3.05, 3.63) is 11.7 Å². The lowest BCUT2D eigenvalue weighted by atomic mass is 9.89. The molecular weight excluding hydrogens is 204 g/mol. The fourth-order valence-corrected chi connectivity index (χ4v) is 2.68. The summed E-state index contributed by atoms with van der Waals surface area (Å²) in [5, 5.41) is 4.12. The van der Waals surface area contributed by atoms with Crippen LogP contribution in [0.2, 0.25) is 0 Å². The second-order valence-corrected chi connectivity index (χ2v) is 4.83. The lowest BCUT2D eigenvalue weighted by Gasteiger charge is -2.17. The lowest BCUT2D eigenvalue weighted by molar-refractivity contribution is 0.0835. The third-order valence-electron chi connectivity index (χ3n) is 3.63. The van der Waals surface area contributed by atoms with Crippen LogP contribution in [0.15, 0.2) is 4.52 Å². The van der Waals surface area contributed by atoms with Gasteiger partial charge in [0.25, 0.3) is 5.89 Å². The molecule has 2 fully saturated rings. The molecule has 1 aromatic rings. The van der Waals surface area contributed by atoms with Crippen LogP contribution < -0.4 is 0 Å². The van der Waals surface area contributed by atoms with Crippen molar-refractivity contribution in [3.8, 4) is 0 Å². The molecule has 4 heteroatoms. The summed E-state index contributed by atoms with van der Waals surface area (Å²) in [6.45, 7) is 0.825. The van der Waals surface area contributed by atoms with Crippen molar-refractivity contribution in [2.24, 2.45) is 0 Å². The maximum Gasteiger partial charge on any atom is 0.255 e. The SMILES string of the molecule is C1CCC(c2noc([C@@H]3CCCO3)n2)CC1. The van der Waals surface area contributed by atoms with Crippen LogP contribution in [0, 0.1) is 0 Å². The van der Waals surface area contributed by atoms with E-state index in [-0.39, 0.29) is 6.10 Å². The van der Waals surface area contributed by atoms with Gasteiger partial charge in [-0.25, -0.2) is 0 Å². The summed E-state index contributed by atoms with van der Waals surface area (Å²) in [5.74, 6) is 2.12. The minimum absolute atomic E-state index is 0.0600. The zero-order valence-electron chi connectivity index (χ0n) is 9.52. The molecule has 16 heavy (non-hydrogen) atoms. The van der Waals surface area contributed by atoms with Gasteiger partial charge >= 0.3 is 0 Å². The number of hydrogen-bond donors (Lipinski definition) is 0. The molecule has 3 rings (SSSR count). The van der Waals surface area contributed by atoms with Crippen molar-refractivity contribution >= 4 is 0 Å². The van der Waals surface area contributed by atoms with E-state index in [1.807, 2.05) is 0 Å². The van der Waals surface area contributed by atoms with Gasteiger partial charge in [-0.1, -0.05) is 24.4 Å². The van der Waals surface area contributed by atoms with E-state index in [2.05, 4.69) is 10.1 Å². The molecular formula is C12H18N2O2. The highest BCUT2D eigenvalue weighted by molar-refractivity contribution is 4.99. The number of aromatic nitrogens is 2. The van der Waals surface area contributed by atoms with E-state index in [1.165, 1.54) is 32.1 Å². The van der Waals surface area contributed by atoms with Gasteiger partial charge in [-0.05, 0) is 25.7 Å². The summed E-state index contributed by atoms with van der Waals surface area (Å²) in [6.07, 6.45) is 8.56. The Morgan fingerprint density at radius 3 is 2.62 bits per heavy atom. The first-order chi connectivity index (χ1) is 7.93. The van der Waals surface area contributed by atoms with Gasteiger partial charge in [0.15, 0.2) is 5.82 Å². The predicted octanol–water partition coefficient (Wildman–Crippen LogP) is 2.97. The average molecular weight is 222 g/mol. The van der Waals surface area contributed by atoms with Gasteiger partial charge in [-0.3, -0.25) is 0 Å². The van der Waals surface area contributed by atoms with Crippen molar-refractivity contribution in [2.75, 3.05) is 6.61 Å². The molecule has 0 unspecified atom stereocenters. The topological polar surface area (TPSA) is 48.2 Å². The van der Waals surface area contributed by atoms with Crippen LogP contribution >= 0.6 is 0 Å². The summed E-state index contributed by atoms with van der Waals surface area (Å²) in [5.41, 5.74) is 0. The Kier molecular flexibility index (Phi) is 2.91. The highest BCUT2D eigenvalue weighted by atomic mass is 16.5. The van der Waals surface area contributed by atoms with Gasteiger partial charge in [-0.2, -0.15) is 4.98 Å². The van der Waals surface area contributed by atoms with Gasteiger partial charge in [0.05, 0.1) is 0 Å².